The normalized spacial score (nSPS) is 11.9. The molecule has 0 aliphatic rings. The maximum Gasteiger partial charge on any atom is 0.265 e. The van der Waals surface area contributed by atoms with Crippen LogP contribution in [0.5, 0.6) is 23.3 Å². The molecular formula is C40H33Cl3F4N10O4. The Morgan fingerprint density at radius 1 is 0.656 bits per heavy atom. The summed E-state index contributed by atoms with van der Waals surface area (Å²) in [7, 11) is 0. The maximum atomic E-state index is 14.1. The van der Waals surface area contributed by atoms with E-state index in [4.69, 9.17) is 55.1 Å². The second-order valence-electron chi connectivity index (χ2n) is 12.9. The zero-order valence-electron chi connectivity index (χ0n) is 31.8. The van der Waals surface area contributed by atoms with E-state index in [-0.39, 0.29) is 58.2 Å². The summed E-state index contributed by atoms with van der Waals surface area (Å²) in [6.07, 6.45) is -1.03. The smallest absolute Gasteiger partial charge is 0.265 e. The molecule has 0 bridgehead atoms. The highest BCUT2D eigenvalue weighted by Crippen LogP contribution is 2.36. The SMILES string of the molecule is C[C@@H](O)CNc1nc2c(-c3ccccc3Cl)[nH]nc2nc1Oc1ccc(F)cc1F.C[C@H](O)CN.Fc1ccc(Oc2nc3n[nH]c(-c4ccccc4Cl)c3nc2Cl)c(F)c1. The number of rotatable bonds is 10. The topological polar surface area (TPSA) is 206 Å². The quantitative estimate of drug-likeness (QED) is 0.0711. The van der Waals surface area contributed by atoms with Crippen LogP contribution in [0.4, 0.5) is 23.4 Å². The molecule has 4 aromatic heterocycles. The van der Waals surface area contributed by atoms with Crippen molar-refractivity contribution in [3.63, 3.8) is 0 Å². The Kier molecular flexibility index (Phi) is 14.5. The fourth-order valence-corrected chi connectivity index (χ4v) is 5.77. The zero-order chi connectivity index (χ0) is 43.8. The molecule has 0 saturated heterocycles. The van der Waals surface area contributed by atoms with Gasteiger partial charge in [-0.05, 0) is 50.2 Å². The third-order valence-corrected chi connectivity index (χ3v) is 8.97. The number of aromatic nitrogens is 8. The van der Waals surface area contributed by atoms with E-state index in [1.807, 2.05) is 12.1 Å². The molecule has 0 radical (unpaired) electrons. The van der Waals surface area contributed by atoms with Crippen molar-refractivity contribution in [1.29, 1.82) is 0 Å². The minimum absolute atomic E-state index is 0.0779. The Morgan fingerprint density at radius 2 is 1.11 bits per heavy atom. The van der Waals surface area contributed by atoms with E-state index in [0.717, 1.165) is 24.3 Å². The van der Waals surface area contributed by atoms with Crippen molar-refractivity contribution < 1.29 is 37.2 Å². The lowest BCUT2D eigenvalue weighted by Crippen LogP contribution is -2.17. The number of nitrogens with one attached hydrogen (secondary N) is 3. The van der Waals surface area contributed by atoms with E-state index >= 15 is 0 Å². The predicted octanol–water partition coefficient (Wildman–Crippen LogP) is 9.26. The zero-order valence-corrected chi connectivity index (χ0v) is 34.0. The Hall–Kier alpha value is -6.15. The van der Waals surface area contributed by atoms with Crippen molar-refractivity contribution >= 4 is 62.9 Å². The first-order chi connectivity index (χ1) is 29.2. The van der Waals surface area contributed by atoms with Gasteiger partial charge >= 0.3 is 0 Å². The van der Waals surface area contributed by atoms with E-state index in [1.165, 1.54) is 0 Å². The summed E-state index contributed by atoms with van der Waals surface area (Å²) in [4.78, 5) is 17.2. The summed E-state index contributed by atoms with van der Waals surface area (Å²) >= 11 is 18.6. The lowest BCUT2D eigenvalue weighted by Gasteiger charge is -2.13. The lowest BCUT2D eigenvalue weighted by molar-refractivity contribution is 0.203. The van der Waals surface area contributed by atoms with Crippen LogP contribution in [0, 0.1) is 23.3 Å². The third-order valence-electron chi connectivity index (χ3n) is 8.07. The molecular weight excluding hydrogens is 867 g/mol. The van der Waals surface area contributed by atoms with Crippen LogP contribution in [-0.4, -0.2) is 75.8 Å². The number of anilines is 1. The highest BCUT2D eigenvalue weighted by Gasteiger charge is 2.21. The number of ether oxygens (including phenoxy) is 2. The highest BCUT2D eigenvalue weighted by atomic mass is 35.5. The molecule has 0 aliphatic heterocycles. The molecule has 0 spiro atoms. The molecule has 4 heterocycles. The van der Waals surface area contributed by atoms with Gasteiger partial charge in [0, 0.05) is 36.3 Å². The predicted molar refractivity (Wildman–Crippen MR) is 223 cm³/mol. The van der Waals surface area contributed by atoms with Crippen molar-refractivity contribution in [2.45, 2.75) is 26.1 Å². The monoisotopic (exact) mass is 898 g/mol. The second-order valence-corrected chi connectivity index (χ2v) is 14.0. The molecule has 0 amide bonds. The van der Waals surface area contributed by atoms with Crippen molar-refractivity contribution in [2.24, 2.45) is 5.73 Å². The number of benzene rings is 4. The van der Waals surface area contributed by atoms with Crippen LogP contribution >= 0.6 is 34.8 Å². The third kappa shape index (κ3) is 11.0. The Morgan fingerprint density at radius 3 is 1.57 bits per heavy atom. The fraction of sp³-hybridized carbons (Fsp3) is 0.150. The largest absolute Gasteiger partial charge is 0.433 e. The van der Waals surface area contributed by atoms with Crippen LogP contribution in [0.3, 0.4) is 0 Å². The fourth-order valence-electron chi connectivity index (χ4n) is 5.14. The molecule has 8 aromatic rings. The first kappa shape index (κ1) is 44.4. The Balaban J connectivity index is 0.000000185. The Bertz CT molecular complexity index is 2800. The number of hydrogen-bond donors (Lipinski definition) is 6. The molecule has 0 aliphatic carbocycles. The number of nitrogens with two attached hydrogens (primary N) is 1. The van der Waals surface area contributed by atoms with E-state index in [9.17, 15) is 22.7 Å². The van der Waals surface area contributed by atoms with Crippen LogP contribution < -0.4 is 20.5 Å². The molecule has 4 aromatic carbocycles. The molecule has 14 nitrogen and oxygen atoms in total. The van der Waals surface area contributed by atoms with E-state index in [2.05, 4.69) is 45.6 Å². The first-order valence-corrected chi connectivity index (χ1v) is 19.1. The molecule has 316 valence electrons. The molecule has 7 N–H and O–H groups in total. The number of nitrogens with zero attached hydrogens (tertiary/aromatic N) is 6. The van der Waals surface area contributed by atoms with Gasteiger partial charge in [-0.15, -0.1) is 0 Å². The minimum Gasteiger partial charge on any atom is -0.433 e. The molecule has 61 heavy (non-hydrogen) atoms. The number of H-pyrrole nitrogens is 2. The number of aliphatic hydroxyl groups is 2. The molecule has 0 unspecified atom stereocenters. The average molecular weight is 900 g/mol. The van der Waals surface area contributed by atoms with Gasteiger partial charge in [0.15, 0.2) is 34.1 Å². The van der Waals surface area contributed by atoms with Crippen LogP contribution in [0.15, 0.2) is 84.9 Å². The molecule has 21 heteroatoms. The summed E-state index contributed by atoms with van der Waals surface area (Å²) in [6, 6.07) is 20.1. The minimum atomic E-state index is -0.892. The standard InChI is InChI=1S/C20H16ClF2N5O2.C17H8Cl2F2N4O.C3H9NO/c1-10(29)9-24-19-20(30-15-7-6-11(22)8-14(15)23)26-18-17(25-19)16(27-28-18)12-4-2-3-5-13(12)21;18-10-4-2-1-3-9(10)13-14-16(25-24-13)23-17(15(19)22-14)26-12-6-5-8(20)7-11(12)21;1-3(5)2-4/h2-8,10,29H,9H2,1H3,(H,24,25)(H,26,27,28);1-7H,(H,23,24,25);3,5H,2,4H2,1H3/t10-;;3-/m1.0/s1. The van der Waals surface area contributed by atoms with Gasteiger partial charge in [-0.1, -0.05) is 71.2 Å². The van der Waals surface area contributed by atoms with Crippen molar-refractivity contribution in [1.82, 2.24) is 40.3 Å². The van der Waals surface area contributed by atoms with Gasteiger partial charge in [0.25, 0.3) is 11.8 Å². The molecule has 0 fully saturated rings. The Labute approximate surface area is 358 Å². The van der Waals surface area contributed by atoms with Gasteiger partial charge in [0.2, 0.25) is 11.3 Å². The highest BCUT2D eigenvalue weighted by molar-refractivity contribution is 6.34. The lowest BCUT2D eigenvalue weighted by atomic mass is 10.1. The number of hydrogen-bond acceptors (Lipinski definition) is 12. The summed E-state index contributed by atoms with van der Waals surface area (Å²) < 4.78 is 64.9. The van der Waals surface area contributed by atoms with Gasteiger partial charge in [-0.3, -0.25) is 10.2 Å². The number of aromatic amines is 2. The summed E-state index contributed by atoms with van der Waals surface area (Å²) in [6.45, 7) is 3.74. The van der Waals surface area contributed by atoms with Gasteiger partial charge in [0.1, 0.15) is 22.7 Å². The van der Waals surface area contributed by atoms with Gasteiger partial charge in [0.05, 0.1) is 33.6 Å². The molecule has 8 rings (SSSR count). The number of halogens is 7. The van der Waals surface area contributed by atoms with Gasteiger partial charge in [-0.25, -0.2) is 27.5 Å². The van der Waals surface area contributed by atoms with Crippen molar-refractivity contribution in [3.8, 4) is 45.8 Å². The van der Waals surface area contributed by atoms with Crippen LogP contribution in [-0.2, 0) is 0 Å². The number of aliphatic hydroxyl groups excluding tert-OH is 2. The van der Waals surface area contributed by atoms with Crippen LogP contribution in [0.2, 0.25) is 15.2 Å². The van der Waals surface area contributed by atoms with Crippen LogP contribution in [0.25, 0.3) is 44.8 Å². The first-order valence-electron chi connectivity index (χ1n) is 18.0. The second kappa shape index (κ2) is 19.9. The average Bonchev–Trinajstić information content (AvgIpc) is 3.83. The van der Waals surface area contributed by atoms with Gasteiger partial charge < -0.3 is 30.7 Å². The number of fused-ring (bicyclic) bond motifs is 2. The molecule has 2 atom stereocenters. The summed E-state index contributed by atoms with van der Waals surface area (Å²) in [5, 5.41) is 35.6. The van der Waals surface area contributed by atoms with E-state index < -0.39 is 29.4 Å². The summed E-state index contributed by atoms with van der Waals surface area (Å²) in [5.41, 5.74) is 8.58. The van der Waals surface area contributed by atoms with Crippen LogP contribution in [0.1, 0.15) is 13.8 Å². The van der Waals surface area contributed by atoms with E-state index in [1.54, 1.807) is 50.2 Å². The van der Waals surface area contributed by atoms with Crippen molar-refractivity contribution in [3.05, 3.63) is 123 Å². The molecule has 0 saturated carbocycles. The van der Waals surface area contributed by atoms with Gasteiger partial charge in [-0.2, -0.15) is 20.2 Å². The van der Waals surface area contributed by atoms with Crippen molar-refractivity contribution in [2.75, 3.05) is 18.4 Å². The maximum absolute atomic E-state index is 14.1. The van der Waals surface area contributed by atoms with E-state index in [0.29, 0.717) is 62.3 Å². The summed E-state index contributed by atoms with van der Waals surface area (Å²) in [5.74, 6) is -3.77.